The van der Waals surface area contributed by atoms with Crippen molar-refractivity contribution in [1.29, 1.82) is 0 Å². The molecule has 0 aliphatic carbocycles. The topological polar surface area (TPSA) is 27.7 Å². The highest BCUT2D eigenvalue weighted by molar-refractivity contribution is 6.19. The minimum atomic E-state index is -0.886. The van der Waals surface area contributed by atoms with Crippen molar-refractivity contribution >= 4 is 10.0 Å². The molecule has 96 valence electrons. The van der Waals surface area contributed by atoms with Gasteiger partial charge in [0.2, 0.25) is 0 Å². The van der Waals surface area contributed by atoms with Crippen LogP contribution in [0.5, 0.6) is 5.75 Å². The third kappa shape index (κ3) is 7.96. The third-order valence-corrected chi connectivity index (χ3v) is 3.18. The van der Waals surface area contributed by atoms with Crippen LogP contribution in [0.2, 0.25) is 0 Å². The molecule has 0 amide bonds. The molecule has 0 N–H and O–H groups in total. The van der Waals surface area contributed by atoms with Crippen molar-refractivity contribution in [3.63, 3.8) is 0 Å². The summed E-state index contributed by atoms with van der Waals surface area (Å²) < 4.78 is 16.4. The van der Waals surface area contributed by atoms with Gasteiger partial charge in [-0.3, -0.25) is 0 Å². The first-order chi connectivity index (χ1) is 8.43. The second kappa shape index (κ2) is 10.3. The first kappa shape index (κ1) is 14.2. The van der Waals surface area contributed by atoms with Crippen molar-refractivity contribution in [2.45, 2.75) is 26.2 Å². The molecule has 1 aromatic carbocycles. The fourth-order valence-electron chi connectivity index (χ4n) is 1.30. The summed E-state index contributed by atoms with van der Waals surface area (Å²) in [5, 5.41) is 0. The number of ether oxygens (including phenoxy) is 1. The van der Waals surface area contributed by atoms with Crippen molar-refractivity contribution in [1.82, 2.24) is 0 Å². The quantitative estimate of drug-likeness (QED) is 0.473. The number of hydrogen-bond donors (Lipinski definition) is 0. The molecule has 0 radical (unpaired) electrons. The first-order valence-electron chi connectivity index (χ1n) is 6.27. The average molecular weight is 254 g/mol. The Morgan fingerprint density at radius 1 is 1.00 bits per heavy atom. The molecule has 0 spiro atoms. The summed E-state index contributed by atoms with van der Waals surface area (Å²) in [5.74, 6) is 0.901. The van der Waals surface area contributed by atoms with Gasteiger partial charge in [-0.25, -0.2) is 0 Å². The van der Waals surface area contributed by atoms with Gasteiger partial charge in [0.1, 0.15) is 5.75 Å². The van der Waals surface area contributed by atoms with Gasteiger partial charge in [0, 0.05) is 19.8 Å². The molecule has 17 heavy (non-hydrogen) atoms. The molecule has 0 unspecified atom stereocenters. The number of unbranched alkanes of at least 4 members (excludes halogenated alkanes) is 1. The normalized spacial score (nSPS) is 11.1. The highest BCUT2D eigenvalue weighted by atomic mass is 28.3. The van der Waals surface area contributed by atoms with E-state index in [0.717, 1.165) is 38.4 Å². The molecule has 0 aliphatic heterocycles. The molecule has 0 aromatic heterocycles. The van der Waals surface area contributed by atoms with E-state index in [1.54, 1.807) is 0 Å². The molecule has 4 heteroatoms. The maximum absolute atomic E-state index is 5.53. The summed E-state index contributed by atoms with van der Waals surface area (Å²) >= 11 is 0. The lowest BCUT2D eigenvalue weighted by molar-refractivity contribution is 0.115. The largest absolute Gasteiger partial charge is 0.525 e. The average Bonchev–Trinajstić information content (AvgIpc) is 2.38. The summed E-state index contributed by atoms with van der Waals surface area (Å²) in [6, 6.07) is 9.80. The van der Waals surface area contributed by atoms with Gasteiger partial charge in [0.15, 0.2) is 0 Å². The maximum atomic E-state index is 5.53. The minimum absolute atomic E-state index is 0.741. The van der Waals surface area contributed by atoms with E-state index in [9.17, 15) is 0 Å². The van der Waals surface area contributed by atoms with Crippen LogP contribution in [0.4, 0.5) is 0 Å². The zero-order valence-electron chi connectivity index (χ0n) is 10.6. The third-order valence-electron chi connectivity index (χ3n) is 2.27. The Hall–Kier alpha value is -0.843. The summed E-state index contributed by atoms with van der Waals surface area (Å²) in [7, 11) is -0.886. The van der Waals surface area contributed by atoms with Crippen molar-refractivity contribution in [2.75, 3.05) is 19.8 Å². The molecule has 0 heterocycles. The van der Waals surface area contributed by atoms with Crippen molar-refractivity contribution in [2.24, 2.45) is 0 Å². The fraction of sp³-hybridized carbons (Fsp3) is 0.538. The molecular formula is C13H22O3Si. The van der Waals surface area contributed by atoms with Gasteiger partial charge in [-0.1, -0.05) is 31.5 Å². The van der Waals surface area contributed by atoms with Gasteiger partial charge < -0.3 is 13.6 Å². The van der Waals surface area contributed by atoms with Crippen LogP contribution in [0.1, 0.15) is 26.2 Å². The minimum Gasteiger partial charge on any atom is -0.525 e. The lowest BCUT2D eigenvalue weighted by Crippen LogP contribution is -2.10. The van der Waals surface area contributed by atoms with E-state index in [1.165, 1.54) is 6.42 Å². The molecule has 0 bridgehead atoms. The van der Waals surface area contributed by atoms with Crippen molar-refractivity contribution in [3.05, 3.63) is 30.3 Å². The standard InChI is InChI=1S/C13H22O3Si/c1-2-3-10-14-11-7-12-15-17-16-13-8-5-4-6-9-13/h4-6,8-9H,2-3,7,10-12,17H2,1H3. The Morgan fingerprint density at radius 2 is 1.76 bits per heavy atom. The van der Waals surface area contributed by atoms with Crippen LogP contribution in [0.3, 0.4) is 0 Å². The zero-order chi connectivity index (χ0) is 12.2. The fourth-order valence-corrected chi connectivity index (χ4v) is 2.03. The summed E-state index contributed by atoms with van der Waals surface area (Å²) in [4.78, 5) is 0. The maximum Gasteiger partial charge on any atom is 0.365 e. The van der Waals surface area contributed by atoms with Crippen molar-refractivity contribution in [3.8, 4) is 5.75 Å². The predicted molar refractivity (Wildman–Crippen MR) is 71.9 cm³/mol. The van der Waals surface area contributed by atoms with Crippen LogP contribution in [0.15, 0.2) is 30.3 Å². The van der Waals surface area contributed by atoms with Gasteiger partial charge in [-0.2, -0.15) is 0 Å². The predicted octanol–water partition coefficient (Wildman–Crippen LogP) is 2.29. The monoisotopic (exact) mass is 254 g/mol. The van der Waals surface area contributed by atoms with Gasteiger partial charge in [-0.05, 0) is 25.0 Å². The van der Waals surface area contributed by atoms with Gasteiger partial charge >= 0.3 is 10.0 Å². The van der Waals surface area contributed by atoms with E-state index in [4.69, 9.17) is 13.6 Å². The molecule has 3 nitrogen and oxygen atoms in total. The smallest absolute Gasteiger partial charge is 0.365 e. The Labute approximate surface area is 106 Å². The van der Waals surface area contributed by atoms with E-state index < -0.39 is 10.0 Å². The summed E-state index contributed by atoms with van der Waals surface area (Å²) in [5.41, 5.74) is 0. The molecular weight excluding hydrogens is 232 g/mol. The number of para-hydroxylation sites is 1. The molecule has 0 saturated carbocycles. The second-order valence-corrected chi connectivity index (χ2v) is 4.74. The highest BCUT2D eigenvalue weighted by Crippen LogP contribution is 2.07. The van der Waals surface area contributed by atoms with Gasteiger partial charge in [0.25, 0.3) is 0 Å². The molecule has 1 aromatic rings. The number of rotatable bonds is 10. The molecule has 0 saturated heterocycles. The molecule has 0 fully saturated rings. The van der Waals surface area contributed by atoms with E-state index in [0.29, 0.717) is 0 Å². The SMILES string of the molecule is CCCCOCCCO[SiH2]Oc1ccccc1. The van der Waals surface area contributed by atoms with E-state index in [2.05, 4.69) is 6.92 Å². The second-order valence-electron chi connectivity index (χ2n) is 3.80. The van der Waals surface area contributed by atoms with Crippen LogP contribution in [-0.2, 0) is 9.16 Å². The Balaban J connectivity index is 1.85. The highest BCUT2D eigenvalue weighted by Gasteiger charge is 1.93. The molecule has 0 atom stereocenters. The van der Waals surface area contributed by atoms with Crippen molar-refractivity contribution < 1.29 is 13.6 Å². The van der Waals surface area contributed by atoms with E-state index >= 15 is 0 Å². The number of hydrogen-bond acceptors (Lipinski definition) is 3. The van der Waals surface area contributed by atoms with E-state index in [-0.39, 0.29) is 0 Å². The summed E-state index contributed by atoms with van der Waals surface area (Å²) in [6.45, 7) is 4.57. The Morgan fingerprint density at radius 3 is 2.53 bits per heavy atom. The van der Waals surface area contributed by atoms with Crippen LogP contribution in [-0.4, -0.2) is 29.8 Å². The number of benzene rings is 1. The lowest BCUT2D eigenvalue weighted by atomic mass is 10.3. The lowest BCUT2D eigenvalue weighted by Gasteiger charge is -2.07. The van der Waals surface area contributed by atoms with Gasteiger partial charge in [0.05, 0.1) is 0 Å². The molecule has 0 aliphatic rings. The Kier molecular flexibility index (Phi) is 8.63. The Bertz CT molecular complexity index is 267. The van der Waals surface area contributed by atoms with Crippen LogP contribution in [0.25, 0.3) is 0 Å². The summed E-state index contributed by atoms with van der Waals surface area (Å²) in [6.07, 6.45) is 3.29. The van der Waals surface area contributed by atoms with E-state index in [1.807, 2.05) is 30.3 Å². The first-order valence-corrected chi connectivity index (χ1v) is 7.42. The van der Waals surface area contributed by atoms with Crippen LogP contribution in [0, 0.1) is 0 Å². The zero-order valence-corrected chi connectivity index (χ0v) is 12.0. The molecule has 1 rings (SSSR count). The van der Waals surface area contributed by atoms with Gasteiger partial charge in [-0.15, -0.1) is 0 Å². The van der Waals surface area contributed by atoms with Crippen LogP contribution < -0.4 is 4.43 Å². The van der Waals surface area contributed by atoms with Crippen LogP contribution >= 0.6 is 0 Å².